The zero-order valence-corrected chi connectivity index (χ0v) is 15.4. The molecule has 4 saturated carbocycles. The van der Waals surface area contributed by atoms with Gasteiger partial charge in [-0.25, -0.2) is 0 Å². The Morgan fingerprint density at radius 1 is 0.958 bits per heavy atom. The Kier molecular flexibility index (Phi) is 4.05. The number of hydrogen-bond donors (Lipinski definition) is 2. The summed E-state index contributed by atoms with van der Waals surface area (Å²) in [7, 11) is 0. The first-order chi connectivity index (χ1) is 11.4. The van der Waals surface area contributed by atoms with Crippen molar-refractivity contribution in [3.05, 3.63) is 0 Å². The number of aliphatic hydroxyl groups excluding tert-OH is 2. The second kappa shape index (κ2) is 5.75. The number of hydrogen-bond acceptors (Lipinski definition) is 2. The maximum atomic E-state index is 10.4. The van der Waals surface area contributed by atoms with Gasteiger partial charge in [-0.15, -0.1) is 6.42 Å². The number of rotatable bonds is 1. The van der Waals surface area contributed by atoms with Crippen molar-refractivity contribution in [3.8, 4) is 12.3 Å². The summed E-state index contributed by atoms with van der Waals surface area (Å²) in [5, 5.41) is 20.5. The highest BCUT2D eigenvalue weighted by atomic mass is 16.3. The molecule has 2 nitrogen and oxygen atoms in total. The van der Waals surface area contributed by atoms with Crippen LogP contribution in [-0.4, -0.2) is 22.4 Å². The summed E-state index contributed by atoms with van der Waals surface area (Å²) in [6, 6.07) is 0. The van der Waals surface area contributed by atoms with Gasteiger partial charge >= 0.3 is 0 Å². The van der Waals surface area contributed by atoms with Crippen LogP contribution in [0.5, 0.6) is 0 Å². The van der Waals surface area contributed by atoms with Crippen molar-refractivity contribution in [2.24, 2.45) is 40.4 Å². The summed E-state index contributed by atoms with van der Waals surface area (Å²) in [4.78, 5) is 0. The molecule has 0 aromatic rings. The van der Waals surface area contributed by atoms with Crippen molar-refractivity contribution >= 4 is 0 Å². The zero-order chi connectivity index (χ0) is 17.1. The predicted molar refractivity (Wildman–Crippen MR) is 96.1 cm³/mol. The van der Waals surface area contributed by atoms with Gasteiger partial charge in [0, 0.05) is 5.92 Å². The van der Waals surface area contributed by atoms with Crippen molar-refractivity contribution in [2.75, 3.05) is 0 Å². The van der Waals surface area contributed by atoms with Crippen molar-refractivity contribution in [3.63, 3.8) is 0 Å². The van der Waals surface area contributed by atoms with E-state index in [-0.39, 0.29) is 11.5 Å². The van der Waals surface area contributed by atoms with Crippen molar-refractivity contribution in [1.82, 2.24) is 0 Å². The summed E-state index contributed by atoms with van der Waals surface area (Å²) < 4.78 is 0. The molecule has 0 heterocycles. The number of terminal acetylenes is 1. The third-order valence-electron chi connectivity index (χ3n) is 9.26. The van der Waals surface area contributed by atoms with Gasteiger partial charge in [-0.3, -0.25) is 0 Å². The van der Waals surface area contributed by atoms with Gasteiger partial charge in [0.05, 0.1) is 6.10 Å². The molecule has 0 aromatic carbocycles. The molecule has 0 bridgehead atoms. The summed E-state index contributed by atoms with van der Waals surface area (Å²) >= 11 is 0. The predicted octanol–water partition coefficient (Wildman–Crippen LogP) is 4.00. The Hall–Kier alpha value is -0.520. The van der Waals surface area contributed by atoms with E-state index in [1.807, 2.05) is 0 Å². The molecule has 2 heteroatoms. The van der Waals surface area contributed by atoms with E-state index in [0.29, 0.717) is 11.3 Å². The summed E-state index contributed by atoms with van der Waals surface area (Å²) in [5.74, 6) is 6.03. The van der Waals surface area contributed by atoms with Crippen LogP contribution < -0.4 is 0 Å². The third-order valence-corrected chi connectivity index (χ3v) is 9.26. The SMILES string of the molecule is C#C[C@@H](O)[C@H]1CCC2C3CC[C@H]4C[C@H](O)CC[C@]4(C)C3CC[C@@]21C. The second-order valence-electron chi connectivity index (χ2n) is 9.92. The second-order valence-corrected chi connectivity index (χ2v) is 9.92. The lowest BCUT2D eigenvalue weighted by molar-refractivity contribution is -0.130. The van der Waals surface area contributed by atoms with Gasteiger partial charge < -0.3 is 10.2 Å². The van der Waals surface area contributed by atoms with Crippen LogP contribution in [0.2, 0.25) is 0 Å². The van der Waals surface area contributed by atoms with Crippen LogP contribution in [0, 0.1) is 52.8 Å². The maximum absolute atomic E-state index is 10.4. The minimum Gasteiger partial charge on any atom is -0.393 e. The monoisotopic (exact) mass is 330 g/mol. The molecule has 4 rings (SSSR count). The molecule has 0 radical (unpaired) electrons. The largest absolute Gasteiger partial charge is 0.393 e. The maximum Gasteiger partial charge on any atom is 0.117 e. The van der Waals surface area contributed by atoms with E-state index in [0.717, 1.165) is 42.9 Å². The highest BCUT2D eigenvalue weighted by molar-refractivity contribution is 5.13. The summed E-state index contributed by atoms with van der Waals surface area (Å²) in [6.07, 6.45) is 15.7. The van der Waals surface area contributed by atoms with Gasteiger partial charge in [-0.05, 0) is 92.3 Å². The van der Waals surface area contributed by atoms with Crippen LogP contribution in [0.4, 0.5) is 0 Å². The van der Waals surface area contributed by atoms with Crippen molar-refractivity contribution in [1.29, 1.82) is 0 Å². The van der Waals surface area contributed by atoms with E-state index < -0.39 is 6.10 Å². The Bertz CT molecular complexity index is 537. The average molecular weight is 331 g/mol. The lowest BCUT2D eigenvalue weighted by atomic mass is 9.44. The Labute approximate surface area is 147 Å². The Morgan fingerprint density at radius 2 is 1.67 bits per heavy atom. The topological polar surface area (TPSA) is 40.5 Å². The average Bonchev–Trinajstić information content (AvgIpc) is 2.92. The van der Waals surface area contributed by atoms with Crippen LogP contribution in [0.1, 0.15) is 71.6 Å². The molecule has 24 heavy (non-hydrogen) atoms. The van der Waals surface area contributed by atoms with Gasteiger partial charge in [0.15, 0.2) is 0 Å². The Balaban J connectivity index is 1.60. The van der Waals surface area contributed by atoms with Gasteiger partial charge in [0.1, 0.15) is 6.10 Å². The number of fused-ring (bicyclic) bond motifs is 5. The molecule has 9 atom stereocenters. The van der Waals surface area contributed by atoms with E-state index in [9.17, 15) is 10.2 Å². The minimum absolute atomic E-state index is 0.0601. The van der Waals surface area contributed by atoms with Crippen LogP contribution in [-0.2, 0) is 0 Å². The summed E-state index contributed by atoms with van der Waals surface area (Å²) in [6.45, 7) is 4.96. The first-order valence-electron chi connectivity index (χ1n) is 10.2. The molecule has 4 aliphatic rings. The Morgan fingerprint density at radius 3 is 2.42 bits per heavy atom. The smallest absolute Gasteiger partial charge is 0.117 e. The van der Waals surface area contributed by atoms with E-state index in [2.05, 4.69) is 19.8 Å². The molecular weight excluding hydrogens is 296 g/mol. The normalized spacial score (nSPS) is 55.0. The lowest BCUT2D eigenvalue weighted by Gasteiger charge is -2.61. The standard InChI is InChI=1S/C22H34O2/c1-4-20(24)19-8-7-17-16-6-5-14-13-15(23)9-11-21(14,2)18(16)10-12-22(17,19)3/h1,14-20,23-24H,5-13H2,2-3H3/t14-,15+,16?,17?,18?,19+,20+,21-,22-/m0/s1. The highest BCUT2D eigenvalue weighted by Crippen LogP contribution is 2.67. The first-order valence-corrected chi connectivity index (χ1v) is 10.2. The molecule has 2 N–H and O–H groups in total. The van der Waals surface area contributed by atoms with E-state index >= 15 is 0 Å². The van der Waals surface area contributed by atoms with Crippen molar-refractivity contribution in [2.45, 2.75) is 83.8 Å². The quantitative estimate of drug-likeness (QED) is 0.714. The molecule has 0 spiro atoms. The van der Waals surface area contributed by atoms with Gasteiger partial charge in [-0.1, -0.05) is 19.8 Å². The fraction of sp³-hybridized carbons (Fsp3) is 0.909. The lowest BCUT2D eigenvalue weighted by Crippen LogP contribution is -2.54. The molecule has 4 aliphatic carbocycles. The van der Waals surface area contributed by atoms with E-state index in [4.69, 9.17) is 6.42 Å². The molecule has 3 unspecified atom stereocenters. The molecular formula is C22H34O2. The molecule has 134 valence electrons. The van der Waals surface area contributed by atoms with Crippen LogP contribution in [0.25, 0.3) is 0 Å². The molecule has 0 saturated heterocycles. The fourth-order valence-corrected chi connectivity index (χ4v) is 7.91. The van der Waals surface area contributed by atoms with Crippen LogP contribution in [0.3, 0.4) is 0 Å². The van der Waals surface area contributed by atoms with Crippen molar-refractivity contribution < 1.29 is 10.2 Å². The van der Waals surface area contributed by atoms with Crippen LogP contribution >= 0.6 is 0 Å². The van der Waals surface area contributed by atoms with E-state index in [1.165, 1.54) is 38.5 Å². The number of aliphatic hydroxyl groups is 2. The van der Waals surface area contributed by atoms with Crippen LogP contribution in [0.15, 0.2) is 0 Å². The molecule has 0 aliphatic heterocycles. The zero-order valence-electron chi connectivity index (χ0n) is 15.4. The fourth-order valence-electron chi connectivity index (χ4n) is 7.91. The molecule has 0 aromatic heterocycles. The molecule has 0 amide bonds. The summed E-state index contributed by atoms with van der Waals surface area (Å²) in [5.41, 5.74) is 0.677. The highest BCUT2D eigenvalue weighted by Gasteiger charge is 2.60. The van der Waals surface area contributed by atoms with Gasteiger partial charge in [0.2, 0.25) is 0 Å². The minimum atomic E-state index is -0.562. The third kappa shape index (κ3) is 2.24. The van der Waals surface area contributed by atoms with Gasteiger partial charge in [0.25, 0.3) is 0 Å². The van der Waals surface area contributed by atoms with Gasteiger partial charge in [-0.2, -0.15) is 0 Å². The van der Waals surface area contributed by atoms with E-state index in [1.54, 1.807) is 0 Å². The first kappa shape index (κ1) is 16.9. The molecule has 4 fully saturated rings.